The molecule has 1 aliphatic rings. The molecule has 1 fully saturated rings. The van der Waals surface area contributed by atoms with E-state index in [-0.39, 0.29) is 63.2 Å². The van der Waals surface area contributed by atoms with Crippen molar-refractivity contribution in [1.82, 2.24) is 0 Å². The number of methoxy groups -OCH3 is 1. The van der Waals surface area contributed by atoms with Gasteiger partial charge in [-0.3, -0.25) is 22.8 Å². The summed E-state index contributed by atoms with van der Waals surface area (Å²) in [5.74, 6) is 1.10. The maximum absolute atomic E-state index is 12.1. The van der Waals surface area contributed by atoms with Crippen molar-refractivity contribution in [2.45, 2.75) is 32.6 Å². The third kappa shape index (κ3) is 7.67. The molecule has 0 heterocycles. The normalized spacial score (nSPS) is 13.1. The Morgan fingerprint density at radius 2 is 1.97 bits per heavy atom. The van der Waals surface area contributed by atoms with Gasteiger partial charge in [-0.05, 0) is 24.8 Å². The number of ether oxygens (including phenoxy) is 1. The molecule has 154 valence electrons. The van der Waals surface area contributed by atoms with Crippen molar-refractivity contribution in [2.75, 3.05) is 12.4 Å². The molecule has 30 heavy (non-hydrogen) atoms. The monoisotopic (exact) mass is 431 g/mol. The molecule has 0 saturated heterocycles. The molecule has 0 atom stereocenters. The van der Waals surface area contributed by atoms with Crippen molar-refractivity contribution in [3.05, 3.63) is 72.0 Å². The maximum Gasteiger partial charge on any atom is 1.00 e. The third-order valence-electron chi connectivity index (χ3n) is 4.93. The molecule has 0 unspecified atom stereocenters. The first kappa shape index (κ1) is 26.6. The van der Waals surface area contributed by atoms with Gasteiger partial charge in [-0.15, -0.1) is 17.7 Å². The van der Waals surface area contributed by atoms with E-state index in [4.69, 9.17) is 4.74 Å². The van der Waals surface area contributed by atoms with Crippen LogP contribution < -0.4 is 61.4 Å². The summed E-state index contributed by atoms with van der Waals surface area (Å²) in [5.41, 5.74) is 3.11. The van der Waals surface area contributed by atoms with Gasteiger partial charge in [0.1, 0.15) is 5.75 Å². The molecule has 1 aliphatic carbocycles. The van der Waals surface area contributed by atoms with Crippen molar-refractivity contribution in [1.29, 1.82) is 0 Å². The quantitative estimate of drug-likeness (QED) is 0.442. The molecule has 0 spiro atoms. The van der Waals surface area contributed by atoms with Crippen LogP contribution in [-0.2, 0) is 9.59 Å². The molecule has 1 amide bonds. The number of aryl methyl sites for hydroxylation is 1. The summed E-state index contributed by atoms with van der Waals surface area (Å²) in [7, 11) is 1.64. The van der Waals surface area contributed by atoms with Gasteiger partial charge in [0.05, 0.1) is 13.4 Å². The number of aldehydes is 1. The van der Waals surface area contributed by atoms with Crippen LogP contribution in [0, 0.1) is 26.2 Å². The van der Waals surface area contributed by atoms with Gasteiger partial charge in [0.2, 0.25) is 5.91 Å². The summed E-state index contributed by atoms with van der Waals surface area (Å²) in [4.78, 5) is 32.6. The van der Waals surface area contributed by atoms with Crippen LogP contribution in [0.4, 0.5) is 5.69 Å². The van der Waals surface area contributed by atoms with E-state index in [2.05, 4.69) is 18.7 Å². The standard InChI is InChI=1S/C15H20NO2.C9H6O2.K/c1-11-8-9-13(10-14(11)18-2)16-15(17)12-6-4-3-5-7-12;1-7-8(5-10)3-2-4-9(7)6-11;/h3,8-10,12H,4-7H2,1-2H3,(H,16,17);2-5H,1H2;/q-1;-2;+1. The number of anilines is 1. The van der Waals surface area contributed by atoms with E-state index in [1.165, 1.54) is 0 Å². The fraction of sp³-hybridized carbons (Fsp3) is 0.292. The van der Waals surface area contributed by atoms with Crippen LogP contribution in [-0.4, -0.2) is 25.6 Å². The zero-order valence-electron chi connectivity index (χ0n) is 17.9. The van der Waals surface area contributed by atoms with E-state index in [1.54, 1.807) is 31.6 Å². The number of hydrogen-bond acceptors (Lipinski definition) is 4. The molecule has 5 nitrogen and oxygen atoms in total. The van der Waals surface area contributed by atoms with Gasteiger partial charge in [-0.25, -0.2) is 6.07 Å². The largest absolute Gasteiger partial charge is 1.00 e. The maximum atomic E-state index is 12.1. The van der Waals surface area contributed by atoms with E-state index in [9.17, 15) is 14.4 Å². The van der Waals surface area contributed by atoms with Crippen molar-refractivity contribution in [3.8, 4) is 5.75 Å². The summed E-state index contributed by atoms with van der Waals surface area (Å²) in [6.07, 6.45) is 8.67. The van der Waals surface area contributed by atoms with Crippen molar-refractivity contribution >= 4 is 24.2 Å². The van der Waals surface area contributed by atoms with E-state index in [0.717, 1.165) is 42.7 Å². The number of hydrogen-bond donors (Lipinski definition) is 1. The molecular weight excluding hydrogens is 405 g/mol. The third-order valence-corrected chi connectivity index (χ3v) is 4.93. The summed E-state index contributed by atoms with van der Waals surface area (Å²) < 4.78 is 5.26. The molecule has 0 bridgehead atoms. The van der Waals surface area contributed by atoms with Crippen molar-refractivity contribution in [3.63, 3.8) is 0 Å². The average Bonchev–Trinajstić information content (AvgIpc) is 2.76. The molecule has 0 aromatic heterocycles. The number of amides is 1. The predicted octanol–water partition coefficient (Wildman–Crippen LogP) is 1.48. The second kappa shape index (κ2) is 13.8. The minimum Gasteiger partial charge on any atom is -0.496 e. The minimum absolute atomic E-state index is 0. The first-order chi connectivity index (χ1) is 14.0. The fourth-order valence-electron chi connectivity index (χ4n) is 3.14. The molecular formula is C24H26KNO4-2. The average molecular weight is 432 g/mol. The van der Waals surface area contributed by atoms with E-state index in [0.29, 0.717) is 23.0 Å². The Morgan fingerprint density at radius 3 is 2.57 bits per heavy atom. The van der Waals surface area contributed by atoms with E-state index in [1.807, 2.05) is 25.1 Å². The van der Waals surface area contributed by atoms with Gasteiger partial charge in [0, 0.05) is 17.7 Å². The van der Waals surface area contributed by atoms with Gasteiger partial charge < -0.3 is 26.1 Å². The number of benzene rings is 2. The van der Waals surface area contributed by atoms with Gasteiger partial charge >= 0.3 is 51.4 Å². The van der Waals surface area contributed by atoms with Crippen LogP contribution in [0.2, 0.25) is 0 Å². The van der Waals surface area contributed by atoms with Gasteiger partial charge in [0.15, 0.2) is 0 Å². The number of rotatable bonds is 5. The molecule has 1 saturated carbocycles. The van der Waals surface area contributed by atoms with Gasteiger partial charge in [0.25, 0.3) is 0 Å². The summed E-state index contributed by atoms with van der Waals surface area (Å²) in [6, 6.07) is 10.6. The van der Waals surface area contributed by atoms with Crippen LogP contribution in [0.1, 0.15) is 52.7 Å². The zero-order chi connectivity index (χ0) is 21.2. The van der Waals surface area contributed by atoms with Crippen molar-refractivity contribution in [2.24, 2.45) is 5.92 Å². The van der Waals surface area contributed by atoms with Crippen LogP contribution in [0.3, 0.4) is 0 Å². The second-order valence-electron chi connectivity index (χ2n) is 6.91. The Balaban J connectivity index is 0.000000324. The second-order valence-corrected chi connectivity index (χ2v) is 6.91. The molecule has 2 aromatic carbocycles. The van der Waals surface area contributed by atoms with Crippen LogP contribution in [0.15, 0.2) is 36.4 Å². The molecule has 0 aliphatic heterocycles. The Morgan fingerprint density at radius 1 is 1.27 bits per heavy atom. The number of carbonyl (C=O) groups excluding carboxylic acids is 3. The Kier molecular flexibility index (Phi) is 12.2. The van der Waals surface area contributed by atoms with E-state index < -0.39 is 0 Å². The fourth-order valence-corrected chi connectivity index (χ4v) is 3.14. The van der Waals surface area contributed by atoms with Crippen LogP contribution in [0.5, 0.6) is 5.75 Å². The Bertz CT molecular complexity index is 834. The summed E-state index contributed by atoms with van der Waals surface area (Å²) in [5, 5.41) is 2.98. The zero-order valence-corrected chi connectivity index (χ0v) is 21.0. The molecule has 3 rings (SSSR count). The SMILES string of the molecule is COc1cc(NC(=O)C2CC[CH-]CC2)ccc1C.[CH2-]c1c([C-]=O)cccc1C=O.[K+]. The Labute approximate surface area is 221 Å². The summed E-state index contributed by atoms with van der Waals surface area (Å²) >= 11 is 0. The molecule has 6 heteroatoms. The number of carbonyl (C=O) groups is 2. The van der Waals surface area contributed by atoms with E-state index >= 15 is 0 Å². The molecule has 0 radical (unpaired) electrons. The van der Waals surface area contributed by atoms with Crippen LogP contribution >= 0.6 is 0 Å². The predicted molar refractivity (Wildman–Crippen MR) is 114 cm³/mol. The minimum atomic E-state index is 0. The molecule has 2 aromatic rings. The van der Waals surface area contributed by atoms with Crippen LogP contribution in [0.25, 0.3) is 0 Å². The van der Waals surface area contributed by atoms with Crippen molar-refractivity contribution < 1.29 is 70.5 Å². The molecule has 1 N–H and O–H groups in total. The van der Waals surface area contributed by atoms with Gasteiger partial charge in [-0.1, -0.05) is 18.9 Å². The number of nitrogens with one attached hydrogen (secondary N) is 1. The van der Waals surface area contributed by atoms with Gasteiger partial charge in [-0.2, -0.15) is 12.8 Å². The first-order valence-electron chi connectivity index (χ1n) is 9.55. The topological polar surface area (TPSA) is 72.5 Å². The smallest absolute Gasteiger partial charge is 0.496 e. The summed E-state index contributed by atoms with van der Waals surface area (Å²) in [6.45, 7) is 5.56. The first-order valence-corrected chi connectivity index (χ1v) is 9.55. The Hall–Kier alpha value is -1.44.